The minimum Gasteiger partial charge on any atom is -0.464 e. The maximum Gasteiger partial charge on any atom is 0.329 e. The first-order valence-corrected chi connectivity index (χ1v) is 9.72. The maximum absolute atomic E-state index is 12.6. The maximum atomic E-state index is 12.6. The Hall–Kier alpha value is -2.68. The molecule has 2 atom stereocenters. The van der Waals surface area contributed by atoms with Gasteiger partial charge < -0.3 is 9.64 Å². The molecule has 1 aromatic heterocycles. The van der Waals surface area contributed by atoms with Gasteiger partial charge in [0.25, 0.3) is 0 Å². The SMILES string of the molecule is CC[C@H](C)COC(=O)[C@@H](C#N)c1nc2ccccc2nc1N1CCCCC1. The monoisotopic (exact) mass is 366 g/mol. The summed E-state index contributed by atoms with van der Waals surface area (Å²) in [5.74, 6) is -0.707. The van der Waals surface area contributed by atoms with E-state index in [4.69, 9.17) is 9.72 Å². The summed E-state index contributed by atoms with van der Waals surface area (Å²) in [6, 6.07) is 9.65. The van der Waals surface area contributed by atoms with Crippen molar-refractivity contribution in [2.45, 2.75) is 45.4 Å². The number of aromatic nitrogens is 2. The molecule has 3 rings (SSSR count). The third-order valence-corrected chi connectivity index (χ3v) is 5.08. The van der Waals surface area contributed by atoms with Crippen LogP contribution < -0.4 is 4.90 Å². The zero-order chi connectivity index (χ0) is 19.2. The Morgan fingerprint density at radius 3 is 2.52 bits per heavy atom. The van der Waals surface area contributed by atoms with E-state index in [1.807, 2.05) is 38.1 Å². The second kappa shape index (κ2) is 8.81. The van der Waals surface area contributed by atoms with Crippen molar-refractivity contribution in [1.82, 2.24) is 9.97 Å². The molecule has 27 heavy (non-hydrogen) atoms. The molecule has 1 fully saturated rings. The Morgan fingerprint density at radius 2 is 1.89 bits per heavy atom. The van der Waals surface area contributed by atoms with Crippen LogP contribution in [-0.4, -0.2) is 35.6 Å². The number of benzene rings is 1. The van der Waals surface area contributed by atoms with Crippen LogP contribution >= 0.6 is 0 Å². The first-order valence-electron chi connectivity index (χ1n) is 9.72. The van der Waals surface area contributed by atoms with Gasteiger partial charge in [0.1, 0.15) is 5.69 Å². The molecule has 0 aliphatic carbocycles. The molecule has 6 heteroatoms. The van der Waals surface area contributed by atoms with Crippen LogP contribution in [0.5, 0.6) is 0 Å². The van der Waals surface area contributed by atoms with Crippen molar-refractivity contribution in [1.29, 1.82) is 5.26 Å². The topological polar surface area (TPSA) is 79.1 Å². The molecule has 0 N–H and O–H groups in total. The first kappa shape index (κ1) is 19.1. The highest BCUT2D eigenvalue weighted by Gasteiger charge is 2.30. The Morgan fingerprint density at radius 1 is 1.22 bits per heavy atom. The van der Waals surface area contributed by atoms with Crippen LogP contribution in [0.4, 0.5) is 5.82 Å². The molecule has 142 valence electrons. The summed E-state index contributed by atoms with van der Waals surface area (Å²) >= 11 is 0. The van der Waals surface area contributed by atoms with Crippen molar-refractivity contribution in [3.05, 3.63) is 30.0 Å². The smallest absolute Gasteiger partial charge is 0.329 e. The Bertz CT molecular complexity index is 840. The number of para-hydroxylation sites is 2. The number of esters is 1. The van der Waals surface area contributed by atoms with Crippen LogP contribution in [0.25, 0.3) is 11.0 Å². The van der Waals surface area contributed by atoms with Gasteiger partial charge in [-0.1, -0.05) is 32.4 Å². The Labute approximate surface area is 160 Å². The van der Waals surface area contributed by atoms with Gasteiger partial charge in [0, 0.05) is 13.1 Å². The molecule has 0 amide bonds. The average Bonchev–Trinajstić information content (AvgIpc) is 2.72. The summed E-state index contributed by atoms with van der Waals surface area (Å²) in [5, 5.41) is 9.73. The van der Waals surface area contributed by atoms with Crippen molar-refractivity contribution in [3.63, 3.8) is 0 Å². The number of nitrogens with zero attached hydrogens (tertiary/aromatic N) is 4. The predicted octanol–water partition coefficient (Wildman–Crippen LogP) is 3.82. The largest absolute Gasteiger partial charge is 0.464 e. The lowest BCUT2D eigenvalue weighted by molar-refractivity contribution is -0.145. The molecular formula is C21H26N4O2. The lowest BCUT2D eigenvalue weighted by Gasteiger charge is -2.29. The average molecular weight is 366 g/mol. The van der Waals surface area contributed by atoms with E-state index in [1.165, 1.54) is 6.42 Å². The van der Waals surface area contributed by atoms with Crippen LogP contribution in [-0.2, 0) is 9.53 Å². The van der Waals surface area contributed by atoms with E-state index in [1.54, 1.807) is 0 Å². The standard InChI is InChI=1S/C21H26N4O2/c1-3-15(2)14-27-21(26)16(13-22)19-20(25-11-7-4-8-12-25)24-18-10-6-5-9-17(18)23-19/h5-6,9-10,15-16H,3-4,7-8,11-12,14H2,1-2H3/t15-,16-/m0/s1. The third-order valence-electron chi connectivity index (χ3n) is 5.08. The molecule has 0 spiro atoms. The van der Waals surface area contributed by atoms with Gasteiger partial charge in [-0.3, -0.25) is 4.79 Å². The number of hydrogen-bond acceptors (Lipinski definition) is 6. The van der Waals surface area contributed by atoms with Gasteiger partial charge in [0.15, 0.2) is 11.7 Å². The number of nitriles is 1. The van der Waals surface area contributed by atoms with E-state index in [9.17, 15) is 10.1 Å². The number of anilines is 1. The van der Waals surface area contributed by atoms with E-state index in [0.29, 0.717) is 23.6 Å². The summed E-state index contributed by atoms with van der Waals surface area (Å²) < 4.78 is 5.41. The molecule has 1 aliphatic heterocycles. The van der Waals surface area contributed by atoms with Crippen molar-refractivity contribution >= 4 is 22.8 Å². The van der Waals surface area contributed by atoms with Gasteiger partial charge in [0.2, 0.25) is 0 Å². The highest BCUT2D eigenvalue weighted by molar-refractivity contribution is 5.85. The molecule has 6 nitrogen and oxygen atoms in total. The first-order chi connectivity index (χ1) is 13.1. The van der Waals surface area contributed by atoms with E-state index in [0.717, 1.165) is 37.9 Å². The molecule has 2 heterocycles. The van der Waals surface area contributed by atoms with Crippen molar-refractivity contribution in [2.24, 2.45) is 5.92 Å². The van der Waals surface area contributed by atoms with Crippen LogP contribution in [0.3, 0.4) is 0 Å². The molecule has 1 aliphatic rings. The summed E-state index contributed by atoms with van der Waals surface area (Å²) in [6.07, 6.45) is 4.25. The van der Waals surface area contributed by atoms with Crippen molar-refractivity contribution in [3.8, 4) is 6.07 Å². The number of ether oxygens (including phenoxy) is 1. The zero-order valence-electron chi connectivity index (χ0n) is 16.0. The van der Waals surface area contributed by atoms with Gasteiger partial charge >= 0.3 is 5.97 Å². The van der Waals surface area contributed by atoms with Crippen molar-refractivity contribution in [2.75, 3.05) is 24.6 Å². The molecule has 0 unspecified atom stereocenters. The van der Waals surface area contributed by atoms with E-state index in [-0.39, 0.29) is 5.92 Å². The second-order valence-corrected chi connectivity index (χ2v) is 7.17. The van der Waals surface area contributed by atoms with Crippen molar-refractivity contribution < 1.29 is 9.53 Å². The second-order valence-electron chi connectivity index (χ2n) is 7.17. The lowest BCUT2D eigenvalue weighted by Crippen LogP contribution is -2.32. The minimum absolute atomic E-state index is 0.262. The predicted molar refractivity (Wildman–Crippen MR) is 104 cm³/mol. The lowest BCUT2D eigenvalue weighted by atomic mass is 10.0. The molecule has 2 aromatic rings. The highest BCUT2D eigenvalue weighted by Crippen LogP contribution is 2.29. The molecular weight excluding hydrogens is 340 g/mol. The number of fused-ring (bicyclic) bond motifs is 1. The van der Waals surface area contributed by atoms with Crippen LogP contribution in [0.15, 0.2) is 24.3 Å². The molecule has 1 aromatic carbocycles. The Kier molecular flexibility index (Phi) is 6.23. The van der Waals surface area contributed by atoms with Crippen LogP contribution in [0, 0.1) is 17.2 Å². The minimum atomic E-state index is -1.07. The molecule has 0 bridgehead atoms. The van der Waals surface area contributed by atoms with Gasteiger partial charge in [-0.05, 0) is 37.3 Å². The third kappa shape index (κ3) is 4.36. The fourth-order valence-corrected chi connectivity index (χ4v) is 3.19. The number of piperidine rings is 1. The zero-order valence-corrected chi connectivity index (χ0v) is 16.0. The highest BCUT2D eigenvalue weighted by atomic mass is 16.5. The van der Waals surface area contributed by atoms with Gasteiger partial charge in [-0.2, -0.15) is 5.26 Å². The summed E-state index contributed by atoms with van der Waals surface area (Å²) in [4.78, 5) is 24.2. The number of hydrogen-bond donors (Lipinski definition) is 0. The van der Waals surface area contributed by atoms with E-state index >= 15 is 0 Å². The quantitative estimate of drug-likeness (QED) is 0.723. The van der Waals surface area contributed by atoms with E-state index < -0.39 is 11.9 Å². The normalized spacial score (nSPS) is 16.6. The fourth-order valence-electron chi connectivity index (χ4n) is 3.19. The van der Waals surface area contributed by atoms with Gasteiger partial charge in [0.05, 0.1) is 23.7 Å². The summed E-state index contributed by atoms with van der Waals surface area (Å²) in [7, 11) is 0. The number of rotatable bonds is 6. The number of carbonyl (C=O) groups excluding carboxylic acids is 1. The van der Waals surface area contributed by atoms with Crippen LogP contribution in [0.1, 0.15) is 51.1 Å². The summed E-state index contributed by atoms with van der Waals surface area (Å²) in [6.45, 7) is 6.10. The molecule has 0 saturated carbocycles. The molecule has 1 saturated heterocycles. The Balaban J connectivity index is 1.98. The summed E-state index contributed by atoms with van der Waals surface area (Å²) in [5.41, 5.74) is 1.86. The van der Waals surface area contributed by atoms with Gasteiger partial charge in [-0.15, -0.1) is 0 Å². The van der Waals surface area contributed by atoms with E-state index in [2.05, 4.69) is 16.0 Å². The van der Waals surface area contributed by atoms with Gasteiger partial charge in [-0.25, -0.2) is 9.97 Å². The molecule has 0 radical (unpaired) electrons. The number of carbonyl (C=O) groups is 1. The fraction of sp³-hybridized carbons (Fsp3) is 0.524. The van der Waals surface area contributed by atoms with Crippen LogP contribution in [0.2, 0.25) is 0 Å².